The van der Waals surface area contributed by atoms with Crippen molar-refractivity contribution in [1.29, 1.82) is 0 Å². The molecule has 0 aliphatic carbocycles. The Morgan fingerprint density at radius 2 is 2.41 bits per heavy atom. The molecular formula is C12H16BrN3O. The first kappa shape index (κ1) is 12.4. The summed E-state index contributed by atoms with van der Waals surface area (Å²) in [4.78, 5) is 0. The number of aryl methyl sites for hydroxylation is 2. The minimum atomic E-state index is 0.762. The standard InChI is InChI=1S/C12H16BrN3O/c1-9-10(7-15-16-9)3-2-5-14-8-12-11(13)4-6-17-12/h4,6-7,14H,2-3,5,8H2,1H3,(H,15,16). The van der Waals surface area contributed by atoms with Crippen molar-refractivity contribution < 1.29 is 4.42 Å². The molecule has 2 N–H and O–H groups in total. The lowest BCUT2D eigenvalue weighted by Gasteiger charge is -2.03. The topological polar surface area (TPSA) is 53.9 Å². The Bertz CT molecular complexity index is 422. The van der Waals surface area contributed by atoms with Crippen LogP contribution in [0.3, 0.4) is 0 Å². The Morgan fingerprint density at radius 3 is 3.06 bits per heavy atom. The van der Waals surface area contributed by atoms with E-state index in [1.165, 1.54) is 11.3 Å². The third-order valence-electron chi connectivity index (χ3n) is 2.71. The zero-order valence-electron chi connectivity index (χ0n) is 9.79. The summed E-state index contributed by atoms with van der Waals surface area (Å²) in [5.41, 5.74) is 2.46. The molecule has 0 aliphatic rings. The van der Waals surface area contributed by atoms with E-state index in [2.05, 4.69) is 38.4 Å². The van der Waals surface area contributed by atoms with E-state index < -0.39 is 0 Å². The molecule has 2 aromatic heterocycles. The Balaban J connectivity index is 1.64. The van der Waals surface area contributed by atoms with Gasteiger partial charge in [-0.15, -0.1) is 0 Å². The lowest BCUT2D eigenvalue weighted by atomic mass is 10.1. The van der Waals surface area contributed by atoms with Crippen molar-refractivity contribution >= 4 is 15.9 Å². The highest BCUT2D eigenvalue weighted by atomic mass is 79.9. The van der Waals surface area contributed by atoms with E-state index in [-0.39, 0.29) is 0 Å². The second-order valence-electron chi connectivity index (χ2n) is 3.99. The predicted molar refractivity (Wildman–Crippen MR) is 69.8 cm³/mol. The number of aromatic amines is 1. The molecule has 0 bridgehead atoms. The first-order valence-electron chi connectivity index (χ1n) is 5.69. The number of nitrogens with zero attached hydrogens (tertiary/aromatic N) is 1. The maximum atomic E-state index is 5.31. The van der Waals surface area contributed by atoms with Crippen molar-refractivity contribution in [3.8, 4) is 0 Å². The van der Waals surface area contributed by atoms with E-state index in [4.69, 9.17) is 4.42 Å². The van der Waals surface area contributed by atoms with Crippen LogP contribution in [0.1, 0.15) is 23.4 Å². The van der Waals surface area contributed by atoms with E-state index >= 15 is 0 Å². The van der Waals surface area contributed by atoms with Gasteiger partial charge in [0.05, 0.1) is 23.5 Å². The van der Waals surface area contributed by atoms with Crippen molar-refractivity contribution in [1.82, 2.24) is 15.5 Å². The molecule has 17 heavy (non-hydrogen) atoms. The summed E-state index contributed by atoms with van der Waals surface area (Å²) in [5.74, 6) is 0.949. The molecule has 5 heteroatoms. The van der Waals surface area contributed by atoms with Gasteiger partial charge in [0, 0.05) is 5.69 Å². The summed E-state index contributed by atoms with van der Waals surface area (Å²) in [6.45, 7) is 3.78. The smallest absolute Gasteiger partial charge is 0.131 e. The summed E-state index contributed by atoms with van der Waals surface area (Å²) in [6.07, 6.45) is 5.74. The van der Waals surface area contributed by atoms with Gasteiger partial charge < -0.3 is 9.73 Å². The summed E-state index contributed by atoms with van der Waals surface area (Å²) >= 11 is 3.43. The van der Waals surface area contributed by atoms with Crippen LogP contribution < -0.4 is 5.32 Å². The number of nitrogens with one attached hydrogen (secondary N) is 2. The molecule has 0 atom stereocenters. The Hall–Kier alpha value is -1.07. The van der Waals surface area contributed by atoms with Gasteiger partial charge in [0.25, 0.3) is 0 Å². The molecular weight excluding hydrogens is 282 g/mol. The average molecular weight is 298 g/mol. The molecule has 0 saturated carbocycles. The van der Waals surface area contributed by atoms with Gasteiger partial charge in [-0.25, -0.2) is 0 Å². The molecule has 2 heterocycles. The summed E-state index contributed by atoms with van der Waals surface area (Å²) in [5, 5.41) is 10.3. The van der Waals surface area contributed by atoms with Gasteiger partial charge in [-0.2, -0.15) is 5.10 Å². The van der Waals surface area contributed by atoms with Gasteiger partial charge in [0.2, 0.25) is 0 Å². The van der Waals surface area contributed by atoms with Crippen LogP contribution in [0.5, 0.6) is 0 Å². The van der Waals surface area contributed by atoms with Crippen molar-refractivity contribution in [2.24, 2.45) is 0 Å². The number of halogens is 1. The minimum Gasteiger partial charge on any atom is -0.467 e. The Morgan fingerprint density at radius 1 is 1.53 bits per heavy atom. The molecule has 4 nitrogen and oxygen atoms in total. The van der Waals surface area contributed by atoms with Crippen molar-refractivity contribution in [2.75, 3.05) is 6.54 Å². The minimum absolute atomic E-state index is 0.762. The Labute approximate surface area is 109 Å². The van der Waals surface area contributed by atoms with Gasteiger partial charge in [0.1, 0.15) is 5.76 Å². The molecule has 0 aromatic carbocycles. The van der Waals surface area contributed by atoms with Crippen LogP contribution in [0.25, 0.3) is 0 Å². The fraction of sp³-hybridized carbons (Fsp3) is 0.417. The van der Waals surface area contributed by atoms with Crippen molar-refractivity contribution in [3.63, 3.8) is 0 Å². The molecule has 0 aliphatic heterocycles. The van der Waals surface area contributed by atoms with Crippen LogP contribution in [0.2, 0.25) is 0 Å². The molecule has 0 fully saturated rings. The highest BCUT2D eigenvalue weighted by molar-refractivity contribution is 9.10. The van der Waals surface area contributed by atoms with Crippen molar-refractivity contribution in [3.05, 3.63) is 40.0 Å². The van der Waals surface area contributed by atoms with Gasteiger partial charge in [-0.1, -0.05) is 0 Å². The Kier molecular flexibility index (Phi) is 4.39. The molecule has 0 radical (unpaired) electrons. The van der Waals surface area contributed by atoms with E-state index in [1.54, 1.807) is 6.26 Å². The molecule has 2 rings (SSSR count). The fourth-order valence-electron chi connectivity index (χ4n) is 1.68. The van der Waals surface area contributed by atoms with E-state index in [0.29, 0.717) is 0 Å². The number of aromatic nitrogens is 2. The molecule has 2 aromatic rings. The zero-order valence-corrected chi connectivity index (χ0v) is 11.4. The number of furan rings is 1. The average Bonchev–Trinajstić information content (AvgIpc) is 2.89. The quantitative estimate of drug-likeness (QED) is 0.806. The largest absolute Gasteiger partial charge is 0.467 e. The maximum Gasteiger partial charge on any atom is 0.131 e. The maximum absolute atomic E-state index is 5.31. The lowest BCUT2D eigenvalue weighted by molar-refractivity contribution is 0.479. The summed E-state index contributed by atoms with van der Waals surface area (Å²) < 4.78 is 6.34. The number of hydrogen-bond acceptors (Lipinski definition) is 3. The van der Waals surface area contributed by atoms with Gasteiger partial charge in [-0.3, -0.25) is 5.10 Å². The fourth-order valence-corrected chi connectivity index (χ4v) is 2.03. The molecule has 0 spiro atoms. The van der Waals surface area contributed by atoms with Crippen LogP contribution in [0.4, 0.5) is 0 Å². The lowest BCUT2D eigenvalue weighted by Crippen LogP contribution is -2.15. The molecule has 0 saturated heterocycles. The third kappa shape index (κ3) is 3.44. The predicted octanol–water partition coefficient (Wildman–Crippen LogP) is 2.80. The zero-order chi connectivity index (χ0) is 12.1. The molecule has 0 unspecified atom stereocenters. The highest BCUT2D eigenvalue weighted by Gasteiger charge is 2.03. The van der Waals surface area contributed by atoms with Crippen LogP contribution in [-0.2, 0) is 13.0 Å². The van der Waals surface area contributed by atoms with Gasteiger partial charge in [-0.05, 0) is 53.9 Å². The summed E-state index contributed by atoms with van der Waals surface area (Å²) in [6, 6.07) is 1.91. The van der Waals surface area contributed by atoms with Crippen LogP contribution in [0.15, 0.2) is 27.4 Å². The number of H-pyrrole nitrogens is 1. The monoisotopic (exact) mass is 297 g/mol. The second-order valence-corrected chi connectivity index (χ2v) is 4.85. The van der Waals surface area contributed by atoms with Gasteiger partial charge >= 0.3 is 0 Å². The summed E-state index contributed by atoms with van der Waals surface area (Å²) in [7, 11) is 0. The first-order valence-corrected chi connectivity index (χ1v) is 6.48. The number of rotatable bonds is 6. The molecule has 0 amide bonds. The number of hydrogen-bond donors (Lipinski definition) is 2. The molecule has 92 valence electrons. The van der Waals surface area contributed by atoms with Crippen LogP contribution in [-0.4, -0.2) is 16.7 Å². The van der Waals surface area contributed by atoms with E-state index in [1.807, 2.05) is 12.3 Å². The SMILES string of the molecule is Cc1[nH]ncc1CCCNCc1occc1Br. The van der Waals surface area contributed by atoms with Crippen LogP contribution in [0, 0.1) is 6.92 Å². The van der Waals surface area contributed by atoms with Crippen LogP contribution >= 0.6 is 15.9 Å². The van der Waals surface area contributed by atoms with Gasteiger partial charge in [0.15, 0.2) is 0 Å². The normalized spacial score (nSPS) is 10.9. The van der Waals surface area contributed by atoms with E-state index in [0.717, 1.165) is 36.2 Å². The second kappa shape index (κ2) is 6.02. The third-order valence-corrected chi connectivity index (χ3v) is 3.42. The van der Waals surface area contributed by atoms with Crippen molar-refractivity contribution in [2.45, 2.75) is 26.3 Å². The van der Waals surface area contributed by atoms with E-state index in [9.17, 15) is 0 Å². The first-order chi connectivity index (χ1) is 8.27. The highest BCUT2D eigenvalue weighted by Crippen LogP contribution is 2.16.